The lowest BCUT2D eigenvalue weighted by atomic mass is 10.1. The van der Waals surface area contributed by atoms with E-state index < -0.39 is 0 Å². The van der Waals surface area contributed by atoms with Gasteiger partial charge in [0.25, 0.3) is 11.8 Å². The summed E-state index contributed by atoms with van der Waals surface area (Å²) in [6.45, 7) is 6.94. The molecule has 0 aliphatic carbocycles. The lowest BCUT2D eigenvalue weighted by Gasteiger charge is -2.25. The topological polar surface area (TPSA) is 67.9 Å². The van der Waals surface area contributed by atoms with Crippen LogP contribution in [0.5, 0.6) is 11.5 Å². The van der Waals surface area contributed by atoms with Crippen LogP contribution in [-0.4, -0.2) is 49.1 Å². The van der Waals surface area contributed by atoms with Crippen molar-refractivity contribution in [2.75, 3.05) is 20.3 Å². The molecule has 6 nitrogen and oxygen atoms in total. The standard InChI is InChI=1S/C24H30N2O4/c1-16(2)25-23(27)18-7-9-20(10-8-18)30-15-19-6-5-13-26(19)24(28)22-12-11-21(29-4)14-17(22)3/h7-12,14,16,19H,5-6,13,15H2,1-4H3,(H,25,27). The highest BCUT2D eigenvalue weighted by atomic mass is 16.5. The second-order valence-corrected chi connectivity index (χ2v) is 7.94. The molecule has 1 atom stereocenters. The molecule has 1 aliphatic rings. The fourth-order valence-corrected chi connectivity index (χ4v) is 3.67. The van der Waals surface area contributed by atoms with Gasteiger partial charge in [-0.15, -0.1) is 0 Å². The number of nitrogens with one attached hydrogen (secondary N) is 1. The number of carbonyl (C=O) groups excluding carboxylic acids is 2. The predicted octanol–water partition coefficient (Wildman–Crippen LogP) is 3.83. The van der Waals surface area contributed by atoms with Crippen molar-refractivity contribution in [1.29, 1.82) is 0 Å². The molecule has 0 bridgehead atoms. The van der Waals surface area contributed by atoms with E-state index >= 15 is 0 Å². The van der Waals surface area contributed by atoms with Gasteiger partial charge in [-0.2, -0.15) is 0 Å². The number of nitrogens with zero attached hydrogens (tertiary/aromatic N) is 1. The quantitative estimate of drug-likeness (QED) is 0.753. The first kappa shape index (κ1) is 21.7. The van der Waals surface area contributed by atoms with E-state index in [0.717, 1.165) is 30.7 Å². The summed E-state index contributed by atoms with van der Waals surface area (Å²) in [5, 5.41) is 2.87. The third-order valence-corrected chi connectivity index (χ3v) is 5.28. The Morgan fingerprint density at radius 1 is 1.13 bits per heavy atom. The fourth-order valence-electron chi connectivity index (χ4n) is 3.67. The van der Waals surface area contributed by atoms with Crippen LogP contribution in [-0.2, 0) is 0 Å². The number of ether oxygens (including phenoxy) is 2. The molecule has 0 spiro atoms. The molecule has 2 aromatic carbocycles. The zero-order chi connectivity index (χ0) is 21.7. The third-order valence-electron chi connectivity index (χ3n) is 5.28. The maximum Gasteiger partial charge on any atom is 0.254 e. The summed E-state index contributed by atoms with van der Waals surface area (Å²) in [5.41, 5.74) is 2.20. The Balaban J connectivity index is 1.61. The number of methoxy groups -OCH3 is 1. The van der Waals surface area contributed by atoms with E-state index in [2.05, 4.69) is 5.32 Å². The number of benzene rings is 2. The minimum absolute atomic E-state index is 0.0296. The van der Waals surface area contributed by atoms with E-state index in [-0.39, 0.29) is 23.9 Å². The SMILES string of the molecule is COc1ccc(C(=O)N2CCCC2COc2ccc(C(=O)NC(C)C)cc2)c(C)c1. The second-order valence-electron chi connectivity index (χ2n) is 7.94. The molecule has 2 amide bonds. The van der Waals surface area contributed by atoms with Gasteiger partial charge in [0.2, 0.25) is 0 Å². The summed E-state index contributed by atoms with van der Waals surface area (Å²) < 4.78 is 11.2. The van der Waals surface area contributed by atoms with Gasteiger partial charge in [-0.1, -0.05) is 0 Å². The average molecular weight is 411 g/mol. The number of likely N-dealkylation sites (tertiary alicyclic amines) is 1. The Morgan fingerprint density at radius 3 is 2.47 bits per heavy atom. The van der Waals surface area contributed by atoms with Crippen LogP contribution in [0.25, 0.3) is 0 Å². The van der Waals surface area contributed by atoms with E-state index in [1.165, 1.54) is 0 Å². The molecular weight excluding hydrogens is 380 g/mol. The smallest absolute Gasteiger partial charge is 0.254 e. The molecule has 0 radical (unpaired) electrons. The molecule has 6 heteroatoms. The number of hydrogen-bond donors (Lipinski definition) is 1. The molecule has 2 aromatic rings. The van der Waals surface area contributed by atoms with Crippen molar-refractivity contribution in [3.8, 4) is 11.5 Å². The van der Waals surface area contributed by atoms with Gasteiger partial charge in [0.1, 0.15) is 18.1 Å². The van der Waals surface area contributed by atoms with Gasteiger partial charge >= 0.3 is 0 Å². The van der Waals surface area contributed by atoms with Gasteiger partial charge in [0.05, 0.1) is 13.2 Å². The van der Waals surface area contributed by atoms with Crippen molar-refractivity contribution in [1.82, 2.24) is 10.2 Å². The van der Waals surface area contributed by atoms with Gasteiger partial charge in [0, 0.05) is 23.7 Å². The minimum Gasteiger partial charge on any atom is -0.497 e. The Bertz CT molecular complexity index is 893. The summed E-state index contributed by atoms with van der Waals surface area (Å²) in [5.74, 6) is 1.37. The average Bonchev–Trinajstić information content (AvgIpc) is 3.20. The van der Waals surface area contributed by atoms with Crippen LogP contribution in [0.3, 0.4) is 0 Å². The number of carbonyl (C=O) groups is 2. The first-order valence-electron chi connectivity index (χ1n) is 10.4. The molecule has 1 unspecified atom stereocenters. The summed E-state index contributed by atoms with van der Waals surface area (Å²) in [6.07, 6.45) is 1.87. The fraction of sp³-hybridized carbons (Fsp3) is 0.417. The van der Waals surface area contributed by atoms with E-state index in [4.69, 9.17) is 9.47 Å². The lowest BCUT2D eigenvalue weighted by molar-refractivity contribution is 0.0690. The van der Waals surface area contributed by atoms with E-state index in [9.17, 15) is 9.59 Å². The zero-order valence-electron chi connectivity index (χ0n) is 18.1. The van der Waals surface area contributed by atoms with E-state index in [1.54, 1.807) is 31.4 Å². The highest BCUT2D eigenvalue weighted by Crippen LogP contribution is 2.25. The van der Waals surface area contributed by atoms with Gasteiger partial charge in [0.15, 0.2) is 0 Å². The van der Waals surface area contributed by atoms with Crippen LogP contribution >= 0.6 is 0 Å². The normalized spacial score (nSPS) is 15.9. The van der Waals surface area contributed by atoms with Crippen molar-refractivity contribution in [2.24, 2.45) is 0 Å². The highest BCUT2D eigenvalue weighted by Gasteiger charge is 2.30. The molecule has 1 fully saturated rings. The van der Waals surface area contributed by atoms with Gasteiger partial charge < -0.3 is 19.7 Å². The maximum atomic E-state index is 13.1. The van der Waals surface area contributed by atoms with Crippen molar-refractivity contribution in [3.05, 3.63) is 59.2 Å². The van der Waals surface area contributed by atoms with Crippen molar-refractivity contribution < 1.29 is 19.1 Å². The maximum absolute atomic E-state index is 13.1. The molecule has 0 saturated carbocycles. The molecule has 0 aromatic heterocycles. The monoisotopic (exact) mass is 410 g/mol. The predicted molar refractivity (Wildman–Crippen MR) is 116 cm³/mol. The van der Waals surface area contributed by atoms with Crippen LogP contribution < -0.4 is 14.8 Å². The van der Waals surface area contributed by atoms with Gasteiger partial charge in [-0.3, -0.25) is 9.59 Å². The van der Waals surface area contributed by atoms with Crippen molar-refractivity contribution in [3.63, 3.8) is 0 Å². The van der Waals surface area contributed by atoms with Crippen LogP contribution in [0, 0.1) is 6.92 Å². The molecule has 1 saturated heterocycles. The van der Waals surface area contributed by atoms with Crippen LogP contribution in [0.1, 0.15) is 53.0 Å². The second kappa shape index (κ2) is 9.65. The largest absolute Gasteiger partial charge is 0.497 e. The van der Waals surface area contributed by atoms with Crippen LogP contribution in [0.2, 0.25) is 0 Å². The van der Waals surface area contributed by atoms with Gasteiger partial charge in [-0.25, -0.2) is 0 Å². The molecular formula is C24H30N2O4. The summed E-state index contributed by atoms with van der Waals surface area (Å²) >= 11 is 0. The molecule has 30 heavy (non-hydrogen) atoms. The van der Waals surface area contributed by atoms with Crippen LogP contribution in [0.15, 0.2) is 42.5 Å². The van der Waals surface area contributed by atoms with Crippen molar-refractivity contribution in [2.45, 2.75) is 45.7 Å². The summed E-state index contributed by atoms with van der Waals surface area (Å²) in [6, 6.07) is 12.7. The lowest BCUT2D eigenvalue weighted by Crippen LogP contribution is -2.39. The molecule has 3 rings (SSSR count). The van der Waals surface area contributed by atoms with Crippen molar-refractivity contribution >= 4 is 11.8 Å². The number of amides is 2. The van der Waals surface area contributed by atoms with E-state index in [0.29, 0.717) is 23.5 Å². The Hall–Kier alpha value is -3.02. The Kier molecular flexibility index (Phi) is 6.98. The third kappa shape index (κ3) is 5.12. The van der Waals surface area contributed by atoms with E-state index in [1.807, 2.05) is 43.9 Å². The highest BCUT2D eigenvalue weighted by molar-refractivity contribution is 5.96. The first-order valence-corrected chi connectivity index (χ1v) is 10.4. The molecule has 1 N–H and O–H groups in total. The Labute approximate surface area is 178 Å². The van der Waals surface area contributed by atoms with Crippen LogP contribution in [0.4, 0.5) is 0 Å². The summed E-state index contributed by atoms with van der Waals surface area (Å²) in [7, 11) is 1.62. The number of aryl methyl sites for hydroxylation is 1. The van der Waals surface area contributed by atoms with Gasteiger partial charge in [-0.05, 0) is 81.6 Å². The Morgan fingerprint density at radius 2 is 1.83 bits per heavy atom. The molecule has 1 aliphatic heterocycles. The number of hydrogen-bond acceptors (Lipinski definition) is 4. The number of rotatable bonds is 7. The minimum atomic E-state index is -0.0982. The molecule has 160 valence electrons. The zero-order valence-corrected chi connectivity index (χ0v) is 18.1. The first-order chi connectivity index (χ1) is 14.4. The molecule has 1 heterocycles. The summed E-state index contributed by atoms with van der Waals surface area (Å²) in [4.78, 5) is 27.0.